The topological polar surface area (TPSA) is 78.9 Å². The summed E-state index contributed by atoms with van der Waals surface area (Å²) in [5, 5.41) is 12.2. The largest absolute Gasteiger partial charge is 0.487 e. The molecule has 1 saturated heterocycles. The molecule has 0 aliphatic carbocycles. The number of carboxylic acid groups (broad SMARTS) is 1. The minimum absolute atomic E-state index is 0.123. The highest BCUT2D eigenvalue weighted by atomic mass is 16.5. The number of likely N-dealkylation sites (tertiary alicyclic amines) is 1. The Morgan fingerprint density at radius 2 is 2.07 bits per heavy atom. The number of nitrogens with one attached hydrogen (secondary N) is 1. The number of hydrogen-bond acceptors (Lipinski definition) is 4. The maximum Gasteiger partial charge on any atom is 0.320 e. The van der Waals surface area contributed by atoms with Gasteiger partial charge in [-0.15, -0.1) is 0 Å². The summed E-state index contributed by atoms with van der Waals surface area (Å²) in [4.78, 5) is 25.9. The third-order valence-electron chi connectivity index (χ3n) is 6.24. The first-order valence-electron chi connectivity index (χ1n) is 10.5. The Hall–Kier alpha value is -3.12. The number of ether oxygens (including phenoxy) is 1. The van der Waals surface area contributed by atoms with E-state index in [1.165, 1.54) is 5.56 Å². The van der Waals surface area contributed by atoms with Crippen LogP contribution in [0.4, 0.5) is 5.69 Å². The van der Waals surface area contributed by atoms with Gasteiger partial charge in [0.1, 0.15) is 18.4 Å². The van der Waals surface area contributed by atoms with Crippen molar-refractivity contribution in [3.63, 3.8) is 0 Å². The molecule has 0 aromatic heterocycles. The van der Waals surface area contributed by atoms with Crippen LogP contribution in [0.25, 0.3) is 11.3 Å². The molecule has 0 bridgehead atoms. The van der Waals surface area contributed by atoms with Crippen molar-refractivity contribution in [2.24, 2.45) is 0 Å². The van der Waals surface area contributed by atoms with Crippen molar-refractivity contribution in [2.45, 2.75) is 38.3 Å². The van der Waals surface area contributed by atoms with E-state index in [2.05, 4.69) is 22.3 Å². The Balaban J connectivity index is 1.32. The lowest BCUT2D eigenvalue weighted by Gasteiger charge is -2.20. The number of carbonyl (C=O) groups is 2. The second kappa shape index (κ2) is 7.61. The number of rotatable bonds is 5. The average Bonchev–Trinajstić information content (AvgIpc) is 3.44. The molecule has 3 aliphatic rings. The van der Waals surface area contributed by atoms with Gasteiger partial charge >= 0.3 is 5.97 Å². The Kier molecular flexibility index (Phi) is 4.79. The van der Waals surface area contributed by atoms with E-state index in [1.807, 2.05) is 30.3 Å². The molecule has 3 heterocycles. The quantitative estimate of drug-likeness (QED) is 0.746. The lowest BCUT2D eigenvalue weighted by atomic mass is 9.98. The molecule has 2 aromatic rings. The first-order chi connectivity index (χ1) is 14.6. The number of para-hydroxylation sites is 1. The smallest absolute Gasteiger partial charge is 0.320 e. The second-order valence-electron chi connectivity index (χ2n) is 8.12. The predicted molar refractivity (Wildman–Crippen MR) is 114 cm³/mol. The zero-order valence-corrected chi connectivity index (χ0v) is 16.7. The maximum atomic E-state index is 12.5. The van der Waals surface area contributed by atoms with Gasteiger partial charge in [-0.25, -0.2) is 0 Å². The van der Waals surface area contributed by atoms with Gasteiger partial charge < -0.3 is 15.2 Å². The zero-order chi connectivity index (χ0) is 20.7. The van der Waals surface area contributed by atoms with Crippen LogP contribution in [0, 0.1) is 0 Å². The molecular formula is C24H24N2O4. The van der Waals surface area contributed by atoms with E-state index < -0.39 is 5.97 Å². The Morgan fingerprint density at radius 3 is 2.93 bits per heavy atom. The molecule has 6 nitrogen and oxygen atoms in total. The standard InChI is InChI=1S/C24H24N2O4/c27-23-21(18-6-1-2-7-19(18)25-23)22-17-10-9-15(13-16(17)14-30-22)5-3-11-26-12-4-8-20(26)24(28)29/h1-2,6-7,9-10,13,20H,3-5,8,11-12,14H2,(H,25,27)(H,28,29)/t20-/m0/s1. The van der Waals surface area contributed by atoms with E-state index in [9.17, 15) is 14.7 Å². The summed E-state index contributed by atoms with van der Waals surface area (Å²) in [7, 11) is 0. The van der Waals surface area contributed by atoms with Crippen LogP contribution in [0.1, 0.15) is 41.5 Å². The van der Waals surface area contributed by atoms with Crippen molar-refractivity contribution >= 4 is 28.9 Å². The van der Waals surface area contributed by atoms with Crippen molar-refractivity contribution in [1.29, 1.82) is 0 Å². The molecule has 30 heavy (non-hydrogen) atoms. The maximum absolute atomic E-state index is 12.5. The molecule has 0 saturated carbocycles. The molecule has 1 fully saturated rings. The van der Waals surface area contributed by atoms with Crippen molar-refractivity contribution in [3.05, 3.63) is 64.7 Å². The summed E-state index contributed by atoms with van der Waals surface area (Å²) in [5.74, 6) is -0.178. The fraction of sp³-hybridized carbons (Fsp3) is 0.333. The third-order valence-corrected chi connectivity index (χ3v) is 6.24. The molecule has 0 spiro atoms. The molecule has 1 amide bonds. The summed E-state index contributed by atoms with van der Waals surface area (Å²) in [6.45, 7) is 2.14. The van der Waals surface area contributed by atoms with E-state index in [0.717, 1.165) is 61.2 Å². The van der Waals surface area contributed by atoms with Crippen LogP contribution in [0.15, 0.2) is 42.5 Å². The number of carboxylic acids is 1. The van der Waals surface area contributed by atoms with Crippen molar-refractivity contribution in [2.75, 3.05) is 18.4 Å². The van der Waals surface area contributed by atoms with Gasteiger partial charge in [0.15, 0.2) is 0 Å². The summed E-state index contributed by atoms with van der Waals surface area (Å²) in [6, 6.07) is 13.6. The number of aryl methyl sites for hydroxylation is 1. The Morgan fingerprint density at radius 1 is 1.20 bits per heavy atom. The van der Waals surface area contributed by atoms with E-state index in [0.29, 0.717) is 17.9 Å². The van der Waals surface area contributed by atoms with E-state index >= 15 is 0 Å². The van der Waals surface area contributed by atoms with Crippen molar-refractivity contribution in [3.8, 4) is 0 Å². The highest BCUT2D eigenvalue weighted by Crippen LogP contribution is 2.41. The number of amides is 1. The van der Waals surface area contributed by atoms with E-state index in [-0.39, 0.29) is 11.9 Å². The lowest BCUT2D eigenvalue weighted by Crippen LogP contribution is -2.36. The molecular weight excluding hydrogens is 380 g/mol. The minimum atomic E-state index is -0.708. The van der Waals surface area contributed by atoms with Crippen LogP contribution in [-0.2, 0) is 27.4 Å². The SMILES string of the molecule is O=C1Nc2ccccc2C1=C1OCc2cc(CCCN3CCC[C@H]3C(=O)O)ccc21. The molecule has 154 valence electrons. The van der Waals surface area contributed by atoms with Crippen LogP contribution < -0.4 is 5.32 Å². The van der Waals surface area contributed by atoms with Gasteiger partial charge in [0.25, 0.3) is 5.91 Å². The molecule has 2 aromatic carbocycles. The molecule has 3 aliphatic heterocycles. The number of hydrogen-bond donors (Lipinski definition) is 2. The van der Waals surface area contributed by atoms with Crippen LogP contribution in [0.5, 0.6) is 0 Å². The monoisotopic (exact) mass is 404 g/mol. The number of benzene rings is 2. The van der Waals surface area contributed by atoms with Crippen LogP contribution in [0.3, 0.4) is 0 Å². The summed E-state index contributed by atoms with van der Waals surface area (Å²) < 4.78 is 5.96. The number of anilines is 1. The van der Waals surface area contributed by atoms with Crippen LogP contribution in [-0.4, -0.2) is 41.0 Å². The predicted octanol–water partition coefficient (Wildman–Crippen LogP) is 3.52. The molecule has 0 unspecified atom stereocenters. The Bertz CT molecular complexity index is 1060. The fourth-order valence-electron chi connectivity index (χ4n) is 4.78. The number of aliphatic carboxylic acids is 1. The van der Waals surface area contributed by atoms with E-state index in [4.69, 9.17) is 4.74 Å². The van der Waals surface area contributed by atoms with E-state index in [1.54, 1.807) is 0 Å². The van der Waals surface area contributed by atoms with Crippen molar-refractivity contribution in [1.82, 2.24) is 4.90 Å². The highest BCUT2D eigenvalue weighted by molar-refractivity contribution is 6.36. The summed E-state index contributed by atoms with van der Waals surface area (Å²) in [6.07, 6.45) is 3.53. The van der Waals surface area contributed by atoms with Crippen LogP contribution in [0.2, 0.25) is 0 Å². The molecule has 1 atom stereocenters. The van der Waals surface area contributed by atoms with Gasteiger partial charge in [0.05, 0.1) is 5.57 Å². The van der Waals surface area contributed by atoms with Gasteiger partial charge in [-0.05, 0) is 50.4 Å². The van der Waals surface area contributed by atoms with Gasteiger partial charge in [0, 0.05) is 22.4 Å². The normalized spacial score (nSPS) is 22.5. The number of fused-ring (bicyclic) bond motifs is 2. The first-order valence-corrected chi connectivity index (χ1v) is 10.5. The average molecular weight is 404 g/mol. The summed E-state index contributed by atoms with van der Waals surface area (Å²) in [5.41, 5.74) is 5.59. The third kappa shape index (κ3) is 3.27. The number of carbonyl (C=O) groups excluding carboxylic acids is 1. The summed E-state index contributed by atoms with van der Waals surface area (Å²) >= 11 is 0. The van der Waals surface area contributed by atoms with Crippen molar-refractivity contribution < 1.29 is 19.4 Å². The van der Waals surface area contributed by atoms with Gasteiger partial charge in [-0.2, -0.15) is 0 Å². The van der Waals surface area contributed by atoms with Gasteiger partial charge in [0.2, 0.25) is 0 Å². The molecule has 2 N–H and O–H groups in total. The minimum Gasteiger partial charge on any atom is -0.487 e. The first kappa shape index (κ1) is 18.9. The van der Waals surface area contributed by atoms with Gasteiger partial charge in [-0.1, -0.05) is 36.4 Å². The molecule has 6 heteroatoms. The Labute approximate surface area is 175 Å². The fourth-order valence-corrected chi connectivity index (χ4v) is 4.78. The number of nitrogens with zero attached hydrogens (tertiary/aromatic N) is 1. The molecule has 0 radical (unpaired) electrons. The molecule has 5 rings (SSSR count). The van der Waals surface area contributed by atoms with Crippen LogP contribution >= 0.6 is 0 Å². The van der Waals surface area contributed by atoms with Gasteiger partial charge in [-0.3, -0.25) is 14.5 Å². The second-order valence-corrected chi connectivity index (χ2v) is 8.12. The zero-order valence-electron chi connectivity index (χ0n) is 16.7. The highest BCUT2D eigenvalue weighted by Gasteiger charge is 2.32. The lowest BCUT2D eigenvalue weighted by molar-refractivity contribution is -0.142.